The third kappa shape index (κ3) is 13.2. The van der Waals surface area contributed by atoms with Gasteiger partial charge in [0.2, 0.25) is 0 Å². The number of hydrogen-bond donors (Lipinski definition) is 0. The Kier molecular flexibility index (Phi) is 13.4. The molecule has 0 fully saturated rings. The van der Waals surface area contributed by atoms with Crippen molar-refractivity contribution in [2.45, 2.75) is 71.1 Å². The third-order valence-corrected chi connectivity index (χ3v) is 4.66. The molecule has 0 radical (unpaired) electrons. The minimum Gasteiger partial charge on any atom is -0.463 e. The average molecular weight is 439 g/mol. The summed E-state index contributed by atoms with van der Waals surface area (Å²) in [6.07, 6.45) is 14.5. The van der Waals surface area contributed by atoms with E-state index in [4.69, 9.17) is 9.47 Å². The first-order chi connectivity index (χ1) is 13.1. The summed E-state index contributed by atoms with van der Waals surface area (Å²) < 4.78 is 11.1. The fourth-order valence-corrected chi connectivity index (χ4v) is 2.86. The van der Waals surface area contributed by atoms with Crippen LogP contribution in [0.3, 0.4) is 0 Å². The normalized spacial score (nSPS) is 10.9. The summed E-state index contributed by atoms with van der Waals surface area (Å²) in [6.45, 7) is 2.62. The number of rotatable bonds is 14. The number of halogens is 1. The molecule has 4 nitrogen and oxygen atoms in total. The van der Waals surface area contributed by atoms with Crippen molar-refractivity contribution in [3.63, 3.8) is 0 Å². The van der Waals surface area contributed by atoms with Gasteiger partial charge in [0.05, 0.1) is 6.61 Å². The predicted octanol–water partition coefficient (Wildman–Crippen LogP) is 6.37. The molecule has 0 spiro atoms. The molecule has 0 heterocycles. The zero-order chi connectivity index (χ0) is 19.7. The topological polar surface area (TPSA) is 52.6 Å². The van der Waals surface area contributed by atoms with Gasteiger partial charge in [0.15, 0.2) is 0 Å². The summed E-state index contributed by atoms with van der Waals surface area (Å²) in [5.41, 5.74) is 0. The van der Waals surface area contributed by atoms with Crippen LogP contribution in [-0.4, -0.2) is 18.5 Å². The van der Waals surface area contributed by atoms with Crippen LogP contribution in [0.2, 0.25) is 0 Å². The van der Waals surface area contributed by atoms with E-state index < -0.39 is 11.9 Å². The van der Waals surface area contributed by atoms with Gasteiger partial charge in [-0.1, -0.05) is 80.6 Å². The van der Waals surface area contributed by atoms with Crippen molar-refractivity contribution in [3.8, 4) is 5.75 Å². The largest absolute Gasteiger partial charge is 0.463 e. The van der Waals surface area contributed by atoms with Crippen molar-refractivity contribution in [2.75, 3.05) is 6.61 Å². The van der Waals surface area contributed by atoms with Gasteiger partial charge in [0, 0.05) is 16.6 Å². The SMILES string of the molecule is CCCCCCCCCCCCOC(=O)/C=C/C(=O)Oc1ccc(Br)cc1. The first kappa shape index (κ1) is 23.4. The lowest BCUT2D eigenvalue weighted by Gasteiger charge is -2.03. The molecule has 0 saturated carbocycles. The van der Waals surface area contributed by atoms with Crippen LogP contribution in [0.25, 0.3) is 0 Å². The molecule has 1 aromatic rings. The number of carbonyl (C=O) groups is 2. The summed E-state index contributed by atoms with van der Waals surface area (Å²) in [4.78, 5) is 23.2. The maximum Gasteiger partial charge on any atom is 0.336 e. The molecule has 150 valence electrons. The molecule has 27 heavy (non-hydrogen) atoms. The van der Waals surface area contributed by atoms with Crippen molar-refractivity contribution in [3.05, 3.63) is 40.9 Å². The monoisotopic (exact) mass is 438 g/mol. The van der Waals surface area contributed by atoms with E-state index >= 15 is 0 Å². The van der Waals surface area contributed by atoms with Gasteiger partial charge in [-0.15, -0.1) is 0 Å². The van der Waals surface area contributed by atoms with Crippen LogP contribution in [0.1, 0.15) is 71.1 Å². The van der Waals surface area contributed by atoms with E-state index in [2.05, 4.69) is 22.9 Å². The average Bonchev–Trinajstić information content (AvgIpc) is 2.66. The van der Waals surface area contributed by atoms with E-state index in [0.29, 0.717) is 12.4 Å². The smallest absolute Gasteiger partial charge is 0.336 e. The molecule has 0 saturated heterocycles. The van der Waals surface area contributed by atoms with Crippen LogP contribution in [0, 0.1) is 0 Å². The first-order valence-corrected chi connectivity index (χ1v) is 10.7. The number of ether oxygens (including phenoxy) is 2. The Balaban J connectivity index is 2.01. The maximum atomic E-state index is 11.6. The fraction of sp³-hybridized carbons (Fsp3) is 0.545. The number of unbranched alkanes of at least 4 members (excludes halogenated alkanes) is 9. The lowest BCUT2D eigenvalue weighted by Crippen LogP contribution is -2.07. The summed E-state index contributed by atoms with van der Waals surface area (Å²) in [6, 6.07) is 6.87. The van der Waals surface area contributed by atoms with E-state index in [1.807, 2.05) is 0 Å². The van der Waals surface area contributed by atoms with Crippen molar-refractivity contribution in [2.24, 2.45) is 0 Å². The highest BCUT2D eigenvalue weighted by atomic mass is 79.9. The van der Waals surface area contributed by atoms with Crippen molar-refractivity contribution in [1.82, 2.24) is 0 Å². The van der Waals surface area contributed by atoms with Crippen LogP contribution < -0.4 is 4.74 Å². The van der Waals surface area contributed by atoms with Crippen molar-refractivity contribution >= 4 is 27.9 Å². The van der Waals surface area contributed by atoms with E-state index in [9.17, 15) is 9.59 Å². The standard InChI is InChI=1S/C22H31BrO4/c1-2-3-4-5-6-7-8-9-10-11-18-26-21(24)16-17-22(25)27-20-14-12-19(23)13-15-20/h12-17H,2-11,18H2,1H3/b17-16+. The first-order valence-electron chi connectivity index (χ1n) is 9.94. The highest BCUT2D eigenvalue weighted by molar-refractivity contribution is 9.10. The molecule has 0 amide bonds. The molecule has 0 N–H and O–H groups in total. The van der Waals surface area contributed by atoms with Crippen LogP contribution >= 0.6 is 15.9 Å². The molecule has 5 heteroatoms. The Hall–Kier alpha value is -1.62. The van der Waals surface area contributed by atoms with E-state index in [1.165, 1.54) is 51.4 Å². The molecule has 0 unspecified atom stereocenters. The maximum absolute atomic E-state index is 11.6. The zero-order valence-electron chi connectivity index (χ0n) is 16.3. The number of carbonyl (C=O) groups excluding carboxylic acids is 2. The van der Waals surface area contributed by atoms with Crippen molar-refractivity contribution in [1.29, 1.82) is 0 Å². The Labute approximate surface area is 171 Å². The second-order valence-electron chi connectivity index (χ2n) is 6.56. The lowest BCUT2D eigenvalue weighted by atomic mass is 10.1. The molecular weight excluding hydrogens is 408 g/mol. The van der Waals surface area contributed by atoms with Gasteiger partial charge in [0.25, 0.3) is 0 Å². The van der Waals surface area contributed by atoms with E-state index in [1.54, 1.807) is 24.3 Å². The summed E-state index contributed by atoms with van der Waals surface area (Å²) >= 11 is 3.30. The van der Waals surface area contributed by atoms with Crippen LogP contribution in [0.5, 0.6) is 5.75 Å². The van der Waals surface area contributed by atoms with Crippen LogP contribution in [-0.2, 0) is 14.3 Å². The van der Waals surface area contributed by atoms with Gasteiger partial charge < -0.3 is 9.47 Å². The van der Waals surface area contributed by atoms with Crippen LogP contribution in [0.15, 0.2) is 40.9 Å². The van der Waals surface area contributed by atoms with Crippen molar-refractivity contribution < 1.29 is 19.1 Å². The number of benzene rings is 1. The summed E-state index contributed by atoms with van der Waals surface area (Å²) in [5, 5.41) is 0. The van der Waals surface area contributed by atoms with Crippen LogP contribution in [0.4, 0.5) is 0 Å². The predicted molar refractivity (Wildman–Crippen MR) is 112 cm³/mol. The van der Waals surface area contributed by atoms with E-state index in [-0.39, 0.29) is 0 Å². The Morgan fingerprint density at radius 1 is 0.815 bits per heavy atom. The summed E-state index contributed by atoms with van der Waals surface area (Å²) in [7, 11) is 0. The highest BCUT2D eigenvalue weighted by Gasteiger charge is 2.03. The number of hydrogen-bond acceptors (Lipinski definition) is 4. The molecule has 0 aliphatic heterocycles. The zero-order valence-corrected chi connectivity index (χ0v) is 17.8. The second kappa shape index (κ2) is 15.4. The Morgan fingerprint density at radius 2 is 1.33 bits per heavy atom. The Bertz CT molecular complexity index is 566. The fourth-order valence-electron chi connectivity index (χ4n) is 2.60. The molecule has 0 bridgehead atoms. The molecular formula is C22H31BrO4. The second-order valence-corrected chi connectivity index (χ2v) is 7.47. The van der Waals surface area contributed by atoms with E-state index in [0.717, 1.165) is 29.5 Å². The van der Waals surface area contributed by atoms with Gasteiger partial charge in [-0.25, -0.2) is 9.59 Å². The quantitative estimate of drug-likeness (QED) is 0.146. The minimum atomic E-state index is -0.604. The molecule has 1 rings (SSSR count). The van der Waals surface area contributed by atoms with Gasteiger partial charge in [-0.2, -0.15) is 0 Å². The highest BCUT2D eigenvalue weighted by Crippen LogP contribution is 2.16. The molecule has 0 atom stereocenters. The van der Waals surface area contributed by atoms with Gasteiger partial charge in [-0.05, 0) is 30.7 Å². The molecule has 0 aromatic heterocycles. The number of esters is 2. The van der Waals surface area contributed by atoms with Gasteiger partial charge in [0.1, 0.15) is 5.75 Å². The molecule has 1 aromatic carbocycles. The summed E-state index contributed by atoms with van der Waals surface area (Å²) in [5.74, 6) is -0.696. The molecule has 0 aliphatic rings. The molecule has 0 aliphatic carbocycles. The Morgan fingerprint density at radius 3 is 1.93 bits per heavy atom. The third-order valence-electron chi connectivity index (χ3n) is 4.13. The van der Waals surface area contributed by atoms with Gasteiger partial charge >= 0.3 is 11.9 Å². The van der Waals surface area contributed by atoms with Gasteiger partial charge in [-0.3, -0.25) is 0 Å². The minimum absolute atomic E-state index is 0.390. The lowest BCUT2D eigenvalue weighted by molar-refractivity contribution is -0.138.